The van der Waals surface area contributed by atoms with Crippen LogP contribution in [-0.4, -0.2) is 31.1 Å². The number of likely N-dealkylation sites (tertiary alicyclic amines) is 1. The van der Waals surface area contributed by atoms with Crippen LogP contribution in [0.2, 0.25) is 0 Å². The topological polar surface area (TPSA) is 39.1 Å². The summed E-state index contributed by atoms with van der Waals surface area (Å²) in [5, 5.41) is 12.2. The van der Waals surface area contributed by atoms with E-state index in [9.17, 15) is 4.39 Å². The molecule has 0 saturated carbocycles. The molecule has 4 heteroatoms. The van der Waals surface area contributed by atoms with Crippen LogP contribution in [0, 0.1) is 29.0 Å². The Morgan fingerprint density at radius 2 is 2.06 bits per heavy atom. The number of nitrogens with one attached hydrogen (secondary N) is 1. The van der Waals surface area contributed by atoms with Crippen molar-refractivity contribution in [2.45, 2.75) is 6.54 Å². The maximum atomic E-state index is 14.0. The SMILES string of the molecule is N#Cc1cccc(CN2C[C@H]3CNC[C@H]3C2)c1F. The van der Waals surface area contributed by atoms with Gasteiger partial charge in [-0.15, -0.1) is 0 Å². The molecular weight excluding hydrogens is 229 g/mol. The molecule has 3 nitrogen and oxygen atoms in total. The summed E-state index contributed by atoms with van der Waals surface area (Å²) in [6, 6.07) is 6.97. The van der Waals surface area contributed by atoms with E-state index >= 15 is 0 Å². The Balaban J connectivity index is 1.72. The molecule has 2 atom stereocenters. The summed E-state index contributed by atoms with van der Waals surface area (Å²) >= 11 is 0. The average Bonchev–Trinajstić information content (AvgIpc) is 2.92. The molecule has 0 amide bonds. The predicted octanol–water partition coefficient (Wildman–Crippen LogP) is 1.35. The number of rotatable bonds is 2. The number of halogens is 1. The summed E-state index contributed by atoms with van der Waals surface area (Å²) in [6.45, 7) is 4.86. The van der Waals surface area contributed by atoms with Crippen molar-refractivity contribution in [1.29, 1.82) is 5.26 Å². The third-order valence-corrected chi connectivity index (χ3v) is 4.06. The lowest BCUT2D eigenvalue weighted by molar-refractivity contribution is 0.301. The maximum absolute atomic E-state index is 14.0. The molecule has 1 aromatic carbocycles. The first-order valence-electron chi connectivity index (χ1n) is 6.38. The van der Waals surface area contributed by atoms with Gasteiger partial charge < -0.3 is 5.32 Å². The Labute approximate surface area is 106 Å². The van der Waals surface area contributed by atoms with Gasteiger partial charge in [-0.25, -0.2) is 4.39 Å². The third kappa shape index (κ3) is 2.00. The van der Waals surface area contributed by atoms with Gasteiger partial charge in [0.2, 0.25) is 0 Å². The van der Waals surface area contributed by atoms with Gasteiger partial charge in [0.1, 0.15) is 11.9 Å². The first kappa shape index (κ1) is 11.6. The molecule has 2 fully saturated rings. The molecule has 1 N–H and O–H groups in total. The van der Waals surface area contributed by atoms with Gasteiger partial charge in [-0.3, -0.25) is 4.90 Å². The van der Waals surface area contributed by atoms with Gasteiger partial charge in [0, 0.05) is 25.2 Å². The summed E-state index contributed by atoms with van der Waals surface area (Å²) < 4.78 is 14.0. The van der Waals surface area contributed by atoms with Gasteiger partial charge in [0.05, 0.1) is 5.56 Å². The minimum Gasteiger partial charge on any atom is -0.316 e. The molecule has 0 bridgehead atoms. The number of benzene rings is 1. The normalized spacial score (nSPS) is 27.1. The zero-order chi connectivity index (χ0) is 12.5. The average molecular weight is 245 g/mol. The van der Waals surface area contributed by atoms with Crippen LogP contribution in [0.1, 0.15) is 11.1 Å². The molecule has 0 aromatic heterocycles. The number of hydrogen-bond acceptors (Lipinski definition) is 3. The zero-order valence-corrected chi connectivity index (χ0v) is 10.2. The van der Waals surface area contributed by atoms with Gasteiger partial charge >= 0.3 is 0 Å². The largest absolute Gasteiger partial charge is 0.316 e. The van der Waals surface area contributed by atoms with E-state index in [1.165, 1.54) is 6.07 Å². The van der Waals surface area contributed by atoms with Gasteiger partial charge in [0.15, 0.2) is 0 Å². The third-order valence-electron chi connectivity index (χ3n) is 4.06. The van der Waals surface area contributed by atoms with Crippen LogP contribution in [0.5, 0.6) is 0 Å². The lowest BCUT2D eigenvalue weighted by Crippen LogP contribution is -2.25. The van der Waals surface area contributed by atoms with Gasteiger partial charge in [-0.1, -0.05) is 12.1 Å². The smallest absolute Gasteiger partial charge is 0.145 e. The molecular formula is C14H16FN3. The van der Waals surface area contributed by atoms with E-state index in [-0.39, 0.29) is 11.4 Å². The second-order valence-electron chi connectivity index (χ2n) is 5.26. The molecule has 0 radical (unpaired) electrons. The zero-order valence-electron chi connectivity index (χ0n) is 10.2. The fourth-order valence-corrected chi connectivity index (χ4v) is 3.11. The lowest BCUT2D eigenvalue weighted by Gasteiger charge is -2.17. The van der Waals surface area contributed by atoms with E-state index in [1.807, 2.05) is 6.07 Å². The van der Waals surface area contributed by atoms with Crippen molar-refractivity contribution in [1.82, 2.24) is 10.2 Å². The van der Waals surface area contributed by atoms with Crippen LogP contribution in [0.4, 0.5) is 4.39 Å². The Bertz CT molecular complexity index is 482. The van der Waals surface area contributed by atoms with Crippen LogP contribution in [0.25, 0.3) is 0 Å². The molecule has 2 aliphatic rings. The Morgan fingerprint density at radius 3 is 2.72 bits per heavy atom. The number of nitriles is 1. The quantitative estimate of drug-likeness (QED) is 0.855. The van der Waals surface area contributed by atoms with Gasteiger partial charge in [-0.05, 0) is 31.0 Å². The highest BCUT2D eigenvalue weighted by molar-refractivity contribution is 5.34. The standard InChI is InChI=1S/C14H16FN3/c15-14-10(4-16)2-1-3-11(14)7-18-8-12-5-17-6-13(12)9-18/h1-3,12-13,17H,5-9H2/t12-,13+. The van der Waals surface area contributed by atoms with Gasteiger partial charge in [0.25, 0.3) is 0 Å². The molecule has 3 rings (SSSR count). The molecule has 2 heterocycles. The summed E-state index contributed by atoms with van der Waals surface area (Å²) in [5.74, 6) is 1.08. The van der Waals surface area contributed by atoms with Crippen molar-refractivity contribution >= 4 is 0 Å². The van der Waals surface area contributed by atoms with Crippen molar-refractivity contribution in [3.63, 3.8) is 0 Å². The van der Waals surface area contributed by atoms with Crippen molar-refractivity contribution in [3.05, 3.63) is 35.1 Å². The summed E-state index contributed by atoms with van der Waals surface area (Å²) in [4.78, 5) is 2.30. The molecule has 0 unspecified atom stereocenters. The van der Waals surface area contributed by atoms with Crippen molar-refractivity contribution in [2.75, 3.05) is 26.2 Å². The monoisotopic (exact) mass is 245 g/mol. The Kier molecular flexibility index (Phi) is 3.02. The number of nitrogens with zero attached hydrogens (tertiary/aromatic N) is 2. The molecule has 1 aromatic rings. The summed E-state index contributed by atoms with van der Waals surface area (Å²) in [7, 11) is 0. The van der Waals surface area contributed by atoms with Crippen molar-refractivity contribution < 1.29 is 4.39 Å². The maximum Gasteiger partial charge on any atom is 0.145 e. The highest BCUT2D eigenvalue weighted by Gasteiger charge is 2.36. The lowest BCUT2D eigenvalue weighted by atomic mass is 10.0. The van der Waals surface area contributed by atoms with E-state index < -0.39 is 0 Å². The van der Waals surface area contributed by atoms with Crippen LogP contribution >= 0.6 is 0 Å². The first-order valence-corrected chi connectivity index (χ1v) is 6.38. The Morgan fingerprint density at radius 1 is 1.33 bits per heavy atom. The molecule has 2 aliphatic heterocycles. The Hall–Kier alpha value is -1.44. The first-order chi connectivity index (χ1) is 8.78. The fraction of sp³-hybridized carbons (Fsp3) is 0.500. The molecule has 2 saturated heterocycles. The fourth-order valence-electron chi connectivity index (χ4n) is 3.11. The highest BCUT2D eigenvalue weighted by Crippen LogP contribution is 2.28. The van der Waals surface area contributed by atoms with Crippen LogP contribution in [0.3, 0.4) is 0 Å². The second-order valence-corrected chi connectivity index (χ2v) is 5.26. The van der Waals surface area contributed by atoms with E-state index in [2.05, 4.69) is 10.2 Å². The minimum atomic E-state index is -0.352. The van der Waals surface area contributed by atoms with Crippen LogP contribution in [0.15, 0.2) is 18.2 Å². The van der Waals surface area contributed by atoms with Crippen molar-refractivity contribution in [2.24, 2.45) is 11.8 Å². The molecule has 0 spiro atoms. The van der Waals surface area contributed by atoms with Crippen LogP contribution in [-0.2, 0) is 6.54 Å². The molecule has 0 aliphatic carbocycles. The van der Waals surface area contributed by atoms with E-state index in [0.29, 0.717) is 23.9 Å². The predicted molar refractivity (Wildman–Crippen MR) is 66.2 cm³/mol. The van der Waals surface area contributed by atoms with E-state index in [4.69, 9.17) is 5.26 Å². The van der Waals surface area contributed by atoms with E-state index in [0.717, 1.165) is 26.2 Å². The minimum absolute atomic E-state index is 0.147. The van der Waals surface area contributed by atoms with E-state index in [1.54, 1.807) is 12.1 Å². The van der Waals surface area contributed by atoms with Gasteiger partial charge in [-0.2, -0.15) is 5.26 Å². The van der Waals surface area contributed by atoms with Crippen LogP contribution < -0.4 is 5.32 Å². The molecule has 18 heavy (non-hydrogen) atoms. The number of fused-ring (bicyclic) bond motifs is 1. The summed E-state index contributed by atoms with van der Waals surface area (Å²) in [5.41, 5.74) is 0.788. The highest BCUT2D eigenvalue weighted by atomic mass is 19.1. The molecule has 94 valence electrons. The number of hydrogen-bond donors (Lipinski definition) is 1. The summed E-state index contributed by atoms with van der Waals surface area (Å²) in [6.07, 6.45) is 0. The van der Waals surface area contributed by atoms with Crippen molar-refractivity contribution in [3.8, 4) is 6.07 Å². The second kappa shape index (κ2) is 4.68.